The van der Waals surface area contributed by atoms with Gasteiger partial charge in [-0.25, -0.2) is 15.0 Å². The Bertz CT molecular complexity index is 3100. The first kappa shape index (κ1) is 33.0. The number of para-hydroxylation sites is 1. The molecule has 0 saturated carbocycles. The van der Waals surface area contributed by atoms with Gasteiger partial charge in [0.2, 0.25) is 0 Å². The molecule has 5 nitrogen and oxygen atoms in total. The highest BCUT2D eigenvalue weighted by Crippen LogP contribution is 2.52. The van der Waals surface area contributed by atoms with E-state index in [-0.39, 0.29) is 5.41 Å². The van der Waals surface area contributed by atoms with Crippen molar-refractivity contribution in [3.05, 3.63) is 193 Å². The summed E-state index contributed by atoms with van der Waals surface area (Å²) in [5, 5.41) is 4.16. The number of furan rings is 1. The van der Waals surface area contributed by atoms with Crippen molar-refractivity contribution in [2.24, 2.45) is 0 Å². The van der Waals surface area contributed by atoms with Crippen LogP contribution in [-0.2, 0) is 5.41 Å². The number of anilines is 3. The van der Waals surface area contributed by atoms with Crippen LogP contribution in [0.5, 0.6) is 0 Å². The van der Waals surface area contributed by atoms with Crippen LogP contribution in [0.2, 0.25) is 0 Å². The van der Waals surface area contributed by atoms with Gasteiger partial charge in [0, 0.05) is 49.6 Å². The molecule has 0 fully saturated rings. The highest BCUT2D eigenvalue weighted by Gasteiger charge is 2.36. The average Bonchev–Trinajstić information content (AvgIpc) is 3.76. The van der Waals surface area contributed by atoms with E-state index in [0.29, 0.717) is 17.5 Å². The standard InChI is InChI=1S/C52H36N4O/c1-52(2)43-27-15-14-25-39(43)40-30-29-37(32-44(40)52)56(36-22-10-5-11-23-36)47-38-24-13-12-21-35(38)31-42-46-41(26-16-28-45(46)57-48(42)47)51-54-49(33-17-6-3-7-18-33)53-50(55-51)34-19-8-4-9-20-34/h3-32H,1-2H3. The zero-order valence-electron chi connectivity index (χ0n) is 31.5. The van der Waals surface area contributed by atoms with Gasteiger partial charge in [-0.2, -0.15) is 0 Å². The highest BCUT2D eigenvalue weighted by atomic mass is 16.3. The van der Waals surface area contributed by atoms with E-state index in [1.54, 1.807) is 0 Å². The molecule has 1 aliphatic rings. The second kappa shape index (κ2) is 12.9. The lowest BCUT2D eigenvalue weighted by molar-refractivity contribution is 0.660. The second-order valence-electron chi connectivity index (χ2n) is 15.2. The van der Waals surface area contributed by atoms with Gasteiger partial charge in [0.25, 0.3) is 0 Å². The topological polar surface area (TPSA) is 55.1 Å². The summed E-state index contributed by atoms with van der Waals surface area (Å²) >= 11 is 0. The third kappa shape index (κ3) is 5.27. The van der Waals surface area contributed by atoms with Crippen molar-refractivity contribution in [2.75, 3.05) is 4.90 Å². The summed E-state index contributed by atoms with van der Waals surface area (Å²) in [5.41, 5.74) is 12.5. The van der Waals surface area contributed by atoms with Crippen LogP contribution in [0.3, 0.4) is 0 Å². The molecule has 0 atom stereocenters. The van der Waals surface area contributed by atoms with Crippen molar-refractivity contribution in [3.63, 3.8) is 0 Å². The number of rotatable bonds is 6. The van der Waals surface area contributed by atoms with E-state index >= 15 is 0 Å². The van der Waals surface area contributed by atoms with E-state index in [9.17, 15) is 0 Å². The maximum Gasteiger partial charge on any atom is 0.164 e. The van der Waals surface area contributed by atoms with E-state index < -0.39 is 0 Å². The van der Waals surface area contributed by atoms with E-state index in [1.807, 2.05) is 72.8 Å². The highest BCUT2D eigenvalue weighted by molar-refractivity contribution is 6.22. The molecule has 5 heteroatoms. The summed E-state index contributed by atoms with van der Waals surface area (Å²) in [6.07, 6.45) is 0. The Hall–Kier alpha value is -7.37. The Labute approximate surface area is 330 Å². The molecule has 2 heterocycles. The summed E-state index contributed by atoms with van der Waals surface area (Å²) in [4.78, 5) is 17.6. The van der Waals surface area contributed by atoms with Crippen molar-refractivity contribution in [1.82, 2.24) is 15.0 Å². The zero-order valence-corrected chi connectivity index (χ0v) is 31.5. The molecule has 1 aliphatic carbocycles. The van der Waals surface area contributed by atoms with Gasteiger partial charge in [-0.1, -0.05) is 159 Å². The molecule has 0 amide bonds. The second-order valence-corrected chi connectivity index (χ2v) is 15.2. The number of benzene rings is 8. The van der Waals surface area contributed by atoms with Gasteiger partial charge in [0.05, 0.1) is 5.69 Å². The Morgan fingerprint density at radius 3 is 1.79 bits per heavy atom. The molecule has 57 heavy (non-hydrogen) atoms. The van der Waals surface area contributed by atoms with E-state index in [1.165, 1.54) is 22.3 Å². The van der Waals surface area contributed by atoms with E-state index in [0.717, 1.165) is 66.5 Å². The lowest BCUT2D eigenvalue weighted by Gasteiger charge is -2.29. The molecule has 10 aromatic rings. The van der Waals surface area contributed by atoms with Gasteiger partial charge in [-0.3, -0.25) is 0 Å². The fourth-order valence-corrected chi connectivity index (χ4v) is 8.76. The maximum absolute atomic E-state index is 7.08. The smallest absolute Gasteiger partial charge is 0.164 e. The van der Waals surface area contributed by atoms with Crippen LogP contribution < -0.4 is 4.90 Å². The Balaban J connectivity index is 1.19. The minimum Gasteiger partial charge on any atom is -0.454 e. The van der Waals surface area contributed by atoms with Gasteiger partial charge < -0.3 is 9.32 Å². The lowest BCUT2D eigenvalue weighted by atomic mass is 9.82. The molecule has 0 aliphatic heterocycles. The fraction of sp³-hybridized carbons (Fsp3) is 0.0577. The number of fused-ring (bicyclic) bond motifs is 7. The zero-order chi connectivity index (χ0) is 38.1. The molecule has 11 rings (SSSR count). The largest absolute Gasteiger partial charge is 0.454 e. The number of hydrogen-bond acceptors (Lipinski definition) is 5. The molecule has 8 aromatic carbocycles. The predicted octanol–water partition coefficient (Wildman–Crippen LogP) is 13.7. The van der Waals surface area contributed by atoms with E-state index in [4.69, 9.17) is 19.4 Å². The van der Waals surface area contributed by atoms with Crippen LogP contribution in [0.4, 0.5) is 17.1 Å². The summed E-state index contributed by atoms with van der Waals surface area (Å²) in [7, 11) is 0. The summed E-state index contributed by atoms with van der Waals surface area (Å²) < 4.78 is 7.08. The lowest BCUT2D eigenvalue weighted by Crippen LogP contribution is -2.16. The van der Waals surface area contributed by atoms with Crippen LogP contribution in [-0.4, -0.2) is 15.0 Å². The molecule has 0 radical (unpaired) electrons. The van der Waals surface area contributed by atoms with Crippen molar-refractivity contribution in [1.29, 1.82) is 0 Å². The first-order chi connectivity index (χ1) is 28.0. The molecular formula is C52H36N4O. The van der Waals surface area contributed by atoms with Crippen LogP contribution in [0, 0.1) is 0 Å². The molecule has 0 saturated heterocycles. The van der Waals surface area contributed by atoms with Crippen molar-refractivity contribution in [3.8, 4) is 45.3 Å². The molecule has 270 valence electrons. The summed E-state index contributed by atoms with van der Waals surface area (Å²) in [6, 6.07) is 63.6. The number of nitrogens with zero attached hydrogens (tertiary/aromatic N) is 4. The van der Waals surface area contributed by atoms with Crippen LogP contribution in [0.25, 0.3) is 78.0 Å². The first-order valence-electron chi connectivity index (χ1n) is 19.4. The molecule has 2 aromatic heterocycles. The predicted molar refractivity (Wildman–Crippen MR) is 233 cm³/mol. The number of aromatic nitrogens is 3. The fourth-order valence-electron chi connectivity index (χ4n) is 8.76. The number of hydrogen-bond donors (Lipinski definition) is 0. The Morgan fingerprint density at radius 2 is 1.05 bits per heavy atom. The average molecular weight is 733 g/mol. The minimum absolute atomic E-state index is 0.158. The first-order valence-corrected chi connectivity index (χ1v) is 19.4. The summed E-state index contributed by atoms with van der Waals surface area (Å²) in [5.74, 6) is 1.82. The van der Waals surface area contributed by atoms with Crippen LogP contribution >= 0.6 is 0 Å². The maximum atomic E-state index is 7.08. The van der Waals surface area contributed by atoms with Gasteiger partial charge >= 0.3 is 0 Å². The molecule has 0 bridgehead atoms. The third-order valence-corrected chi connectivity index (χ3v) is 11.5. The Kier molecular flexibility index (Phi) is 7.45. The SMILES string of the molecule is CC1(C)c2ccccc2-c2ccc(N(c3ccccc3)c3c4ccccc4cc4c3oc3cccc(-c5nc(-c6ccccc6)nc(-c6ccccc6)n5)c34)cc21. The minimum atomic E-state index is -0.158. The van der Waals surface area contributed by atoms with Gasteiger partial charge in [-0.15, -0.1) is 0 Å². The van der Waals surface area contributed by atoms with Gasteiger partial charge in [0.15, 0.2) is 23.1 Å². The van der Waals surface area contributed by atoms with Crippen LogP contribution in [0.1, 0.15) is 25.0 Å². The monoisotopic (exact) mass is 732 g/mol. The van der Waals surface area contributed by atoms with Gasteiger partial charge in [0.1, 0.15) is 5.58 Å². The normalized spacial score (nSPS) is 12.9. The molecular weight excluding hydrogens is 697 g/mol. The third-order valence-electron chi connectivity index (χ3n) is 11.5. The Morgan fingerprint density at radius 1 is 0.456 bits per heavy atom. The molecule has 0 N–H and O–H groups in total. The molecule has 0 unspecified atom stereocenters. The van der Waals surface area contributed by atoms with Crippen molar-refractivity contribution >= 4 is 49.8 Å². The van der Waals surface area contributed by atoms with E-state index in [2.05, 4.69) is 128 Å². The van der Waals surface area contributed by atoms with Crippen molar-refractivity contribution in [2.45, 2.75) is 19.3 Å². The molecule has 0 spiro atoms. The van der Waals surface area contributed by atoms with Gasteiger partial charge in [-0.05, 0) is 64.0 Å². The van der Waals surface area contributed by atoms with Crippen molar-refractivity contribution < 1.29 is 4.42 Å². The van der Waals surface area contributed by atoms with Crippen LogP contribution in [0.15, 0.2) is 186 Å². The quantitative estimate of drug-likeness (QED) is 0.170. The summed E-state index contributed by atoms with van der Waals surface area (Å²) in [6.45, 7) is 4.66.